The summed E-state index contributed by atoms with van der Waals surface area (Å²) in [7, 11) is 0. The van der Waals surface area contributed by atoms with Crippen LogP contribution in [0.15, 0.2) is 54.6 Å². The molecule has 1 N–H and O–H groups in total. The predicted octanol–water partition coefficient (Wildman–Crippen LogP) is 3.42. The maximum atomic E-state index is 9.59. The van der Waals surface area contributed by atoms with Gasteiger partial charge in [-0.15, -0.1) is 0 Å². The summed E-state index contributed by atoms with van der Waals surface area (Å²) in [5, 5.41) is 9.59. The van der Waals surface area contributed by atoms with Crippen molar-refractivity contribution in [2.24, 2.45) is 0 Å². The van der Waals surface area contributed by atoms with Gasteiger partial charge in [0.25, 0.3) is 0 Å². The maximum absolute atomic E-state index is 9.59. The quantitative estimate of drug-likeness (QED) is 0.875. The Labute approximate surface area is 119 Å². The molecule has 0 aliphatic rings. The molecule has 3 nitrogen and oxygen atoms in total. The molecule has 0 bridgehead atoms. The Bertz CT molecular complexity index is 512. The third-order valence-electron chi connectivity index (χ3n) is 2.66. The Morgan fingerprint density at radius 2 is 1.40 bits per heavy atom. The van der Waals surface area contributed by atoms with E-state index in [0.29, 0.717) is 6.61 Å². The number of rotatable bonds is 6. The Morgan fingerprint density at radius 1 is 0.850 bits per heavy atom. The van der Waals surface area contributed by atoms with Gasteiger partial charge in [0, 0.05) is 0 Å². The van der Waals surface area contributed by atoms with E-state index in [1.54, 1.807) is 13.8 Å². The van der Waals surface area contributed by atoms with Gasteiger partial charge in [0.05, 0.1) is 5.60 Å². The topological polar surface area (TPSA) is 38.7 Å². The highest BCUT2D eigenvalue weighted by Crippen LogP contribution is 2.19. The number of hydrogen-bond acceptors (Lipinski definition) is 3. The zero-order valence-corrected chi connectivity index (χ0v) is 11.9. The largest absolute Gasteiger partial charge is 0.491 e. The molecule has 3 heteroatoms. The van der Waals surface area contributed by atoms with Crippen LogP contribution in [0.4, 0.5) is 0 Å². The summed E-state index contributed by atoms with van der Waals surface area (Å²) in [5.74, 6) is 1.52. The highest BCUT2D eigenvalue weighted by molar-refractivity contribution is 5.31. The summed E-state index contributed by atoms with van der Waals surface area (Å²) >= 11 is 0. The molecule has 0 aliphatic carbocycles. The molecule has 0 saturated carbocycles. The first-order chi connectivity index (χ1) is 9.53. The van der Waals surface area contributed by atoms with Crippen molar-refractivity contribution in [3.63, 3.8) is 0 Å². The van der Waals surface area contributed by atoms with E-state index in [-0.39, 0.29) is 6.61 Å². The van der Waals surface area contributed by atoms with E-state index in [1.807, 2.05) is 54.6 Å². The molecule has 106 valence electrons. The Hall–Kier alpha value is -2.00. The predicted molar refractivity (Wildman–Crippen MR) is 79.0 cm³/mol. The molecule has 0 spiro atoms. The van der Waals surface area contributed by atoms with Gasteiger partial charge >= 0.3 is 0 Å². The molecular weight excluding hydrogens is 252 g/mol. The van der Waals surface area contributed by atoms with E-state index in [1.165, 1.54) is 0 Å². The average molecular weight is 272 g/mol. The van der Waals surface area contributed by atoms with Crippen molar-refractivity contribution in [1.29, 1.82) is 0 Å². The van der Waals surface area contributed by atoms with Crippen LogP contribution in [0.25, 0.3) is 0 Å². The fraction of sp³-hybridized carbons (Fsp3) is 0.294. The van der Waals surface area contributed by atoms with Crippen LogP contribution in [0.3, 0.4) is 0 Å². The third-order valence-corrected chi connectivity index (χ3v) is 2.66. The number of ether oxygens (including phenoxy) is 2. The molecule has 2 aromatic rings. The lowest BCUT2D eigenvalue weighted by molar-refractivity contribution is 0.0285. The Kier molecular flexibility index (Phi) is 4.64. The van der Waals surface area contributed by atoms with Gasteiger partial charge in [-0.2, -0.15) is 0 Å². The molecule has 0 heterocycles. The van der Waals surface area contributed by atoms with Crippen molar-refractivity contribution in [3.05, 3.63) is 60.2 Å². The monoisotopic (exact) mass is 272 g/mol. The summed E-state index contributed by atoms with van der Waals surface area (Å²) in [5.41, 5.74) is 0.303. The highest BCUT2D eigenvalue weighted by atomic mass is 16.5. The van der Waals surface area contributed by atoms with E-state index in [4.69, 9.17) is 9.47 Å². The second-order valence-corrected chi connectivity index (χ2v) is 5.35. The maximum Gasteiger partial charge on any atom is 0.120 e. The summed E-state index contributed by atoms with van der Waals surface area (Å²) in [4.78, 5) is 0. The van der Waals surface area contributed by atoms with Crippen LogP contribution >= 0.6 is 0 Å². The van der Waals surface area contributed by atoms with Crippen molar-refractivity contribution in [2.75, 3.05) is 6.61 Å². The van der Waals surface area contributed by atoms with Crippen LogP contribution in [0.2, 0.25) is 0 Å². The minimum Gasteiger partial charge on any atom is -0.491 e. The van der Waals surface area contributed by atoms with Gasteiger partial charge in [-0.05, 0) is 43.7 Å². The van der Waals surface area contributed by atoms with Crippen LogP contribution < -0.4 is 9.47 Å². The van der Waals surface area contributed by atoms with Gasteiger partial charge in [-0.1, -0.05) is 30.3 Å². The number of hydrogen-bond donors (Lipinski definition) is 1. The van der Waals surface area contributed by atoms with Crippen LogP contribution in [0.5, 0.6) is 11.5 Å². The molecule has 0 unspecified atom stereocenters. The molecule has 0 amide bonds. The van der Waals surface area contributed by atoms with Crippen molar-refractivity contribution in [3.8, 4) is 11.5 Å². The molecule has 0 radical (unpaired) electrons. The van der Waals surface area contributed by atoms with Crippen molar-refractivity contribution in [1.82, 2.24) is 0 Å². The number of aliphatic hydroxyl groups is 1. The average Bonchev–Trinajstić information content (AvgIpc) is 2.44. The Morgan fingerprint density at radius 3 is 1.95 bits per heavy atom. The smallest absolute Gasteiger partial charge is 0.120 e. The van der Waals surface area contributed by atoms with Crippen LogP contribution in [0, 0.1) is 0 Å². The molecule has 20 heavy (non-hydrogen) atoms. The normalized spacial score (nSPS) is 11.2. The van der Waals surface area contributed by atoms with Crippen LogP contribution in [0.1, 0.15) is 19.4 Å². The van der Waals surface area contributed by atoms with E-state index >= 15 is 0 Å². The zero-order chi connectivity index (χ0) is 14.4. The van der Waals surface area contributed by atoms with Crippen LogP contribution in [-0.2, 0) is 6.61 Å². The van der Waals surface area contributed by atoms with Gasteiger partial charge in [0.2, 0.25) is 0 Å². The third kappa shape index (κ3) is 4.94. The minimum atomic E-state index is -0.831. The lowest BCUT2D eigenvalue weighted by atomic mass is 10.2. The second-order valence-electron chi connectivity index (χ2n) is 5.35. The van der Waals surface area contributed by atoms with E-state index in [9.17, 15) is 5.11 Å². The molecule has 0 aliphatic heterocycles. The molecule has 0 aromatic heterocycles. The second kappa shape index (κ2) is 6.44. The van der Waals surface area contributed by atoms with Gasteiger partial charge in [0.15, 0.2) is 0 Å². The lowest BCUT2D eigenvalue weighted by Crippen LogP contribution is -2.27. The number of benzene rings is 2. The van der Waals surface area contributed by atoms with Gasteiger partial charge < -0.3 is 14.6 Å². The minimum absolute atomic E-state index is 0.261. The van der Waals surface area contributed by atoms with E-state index in [0.717, 1.165) is 17.1 Å². The van der Waals surface area contributed by atoms with Crippen LogP contribution in [-0.4, -0.2) is 17.3 Å². The first-order valence-corrected chi connectivity index (χ1v) is 6.65. The van der Waals surface area contributed by atoms with E-state index < -0.39 is 5.60 Å². The van der Waals surface area contributed by atoms with Gasteiger partial charge in [-0.3, -0.25) is 0 Å². The van der Waals surface area contributed by atoms with Gasteiger partial charge in [-0.25, -0.2) is 0 Å². The summed E-state index contributed by atoms with van der Waals surface area (Å²) in [6.07, 6.45) is 0. The first-order valence-electron chi connectivity index (χ1n) is 6.65. The Balaban J connectivity index is 1.85. The fourth-order valence-corrected chi connectivity index (χ4v) is 1.63. The van der Waals surface area contributed by atoms with Crippen molar-refractivity contribution >= 4 is 0 Å². The fourth-order valence-electron chi connectivity index (χ4n) is 1.63. The molecule has 2 aromatic carbocycles. The highest BCUT2D eigenvalue weighted by Gasteiger charge is 2.13. The summed E-state index contributed by atoms with van der Waals surface area (Å²) in [6, 6.07) is 17.4. The molecule has 0 saturated heterocycles. The van der Waals surface area contributed by atoms with Crippen molar-refractivity contribution in [2.45, 2.75) is 26.1 Å². The zero-order valence-electron chi connectivity index (χ0n) is 11.9. The lowest BCUT2D eigenvalue weighted by Gasteiger charge is -2.17. The summed E-state index contributed by atoms with van der Waals surface area (Å²) < 4.78 is 11.2. The SMILES string of the molecule is CC(C)(O)COc1ccc(OCc2ccccc2)cc1. The van der Waals surface area contributed by atoms with E-state index in [2.05, 4.69) is 0 Å². The van der Waals surface area contributed by atoms with Crippen molar-refractivity contribution < 1.29 is 14.6 Å². The molecule has 0 fully saturated rings. The molecule has 0 atom stereocenters. The van der Waals surface area contributed by atoms with Gasteiger partial charge in [0.1, 0.15) is 24.7 Å². The standard InChI is InChI=1S/C17H20O3/c1-17(2,18)13-20-16-10-8-15(9-11-16)19-12-14-6-4-3-5-7-14/h3-11,18H,12-13H2,1-2H3. The first kappa shape index (κ1) is 14.4. The molecular formula is C17H20O3. The molecule has 2 rings (SSSR count). The summed E-state index contributed by atoms with van der Waals surface area (Å²) in [6.45, 7) is 4.23.